The molecule has 4 nitrogen and oxygen atoms in total. The van der Waals surface area contributed by atoms with Crippen LogP contribution in [0.15, 0.2) is 36.7 Å². The van der Waals surface area contributed by atoms with Crippen LogP contribution in [-0.4, -0.2) is 23.1 Å². The van der Waals surface area contributed by atoms with E-state index in [0.29, 0.717) is 5.92 Å². The van der Waals surface area contributed by atoms with Crippen LogP contribution < -0.4 is 10.6 Å². The predicted octanol–water partition coefficient (Wildman–Crippen LogP) is 3.32. The summed E-state index contributed by atoms with van der Waals surface area (Å²) >= 11 is 0. The average Bonchev–Trinajstić information content (AvgIpc) is 3.02. The lowest BCUT2D eigenvalue weighted by atomic mass is 9.98. The van der Waals surface area contributed by atoms with E-state index in [4.69, 9.17) is 0 Å². The summed E-state index contributed by atoms with van der Waals surface area (Å²) in [6, 6.07) is 7.80. The molecular weight excluding hydrogens is 293 g/mol. The van der Waals surface area contributed by atoms with Gasteiger partial charge in [-0.3, -0.25) is 0 Å². The lowest BCUT2D eigenvalue weighted by Gasteiger charge is -2.11. The number of nitrogens with zero attached hydrogens (tertiary/aromatic N) is 2. The summed E-state index contributed by atoms with van der Waals surface area (Å²) in [4.78, 5) is 7.38. The standard InChI is InChI=1S/C15H15F3N4/c16-15(17,18)12-8-20-14(21-9-12)22-13-3-1-10(2-4-13)11-5-6-19-7-11/h1-4,8-9,11,19H,5-7H2,(H,20,21,22). The van der Waals surface area contributed by atoms with Crippen molar-refractivity contribution in [2.45, 2.75) is 18.5 Å². The van der Waals surface area contributed by atoms with Crippen molar-refractivity contribution in [2.24, 2.45) is 0 Å². The van der Waals surface area contributed by atoms with Crippen LogP contribution in [0.2, 0.25) is 0 Å². The Balaban J connectivity index is 1.67. The zero-order valence-electron chi connectivity index (χ0n) is 11.7. The van der Waals surface area contributed by atoms with Gasteiger partial charge in [0.05, 0.1) is 5.56 Å². The molecule has 0 radical (unpaired) electrons. The summed E-state index contributed by atoms with van der Waals surface area (Å²) in [6.07, 6.45) is -1.76. The highest BCUT2D eigenvalue weighted by Crippen LogP contribution is 2.28. The minimum atomic E-state index is -4.42. The number of anilines is 2. The molecule has 0 saturated carbocycles. The number of nitrogens with one attached hydrogen (secondary N) is 2. The maximum absolute atomic E-state index is 12.4. The Kier molecular flexibility index (Phi) is 3.98. The molecule has 1 saturated heterocycles. The largest absolute Gasteiger partial charge is 0.419 e. The molecule has 2 N–H and O–H groups in total. The highest BCUT2D eigenvalue weighted by Gasteiger charge is 2.31. The van der Waals surface area contributed by atoms with Gasteiger partial charge in [0.2, 0.25) is 5.95 Å². The van der Waals surface area contributed by atoms with Gasteiger partial charge in [0.15, 0.2) is 0 Å². The van der Waals surface area contributed by atoms with E-state index in [-0.39, 0.29) is 5.95 Å². The summed E-state index contributed by atoms with van der Waals surface area (Å²) in [5, 5.41) is 6.21. The van der Waals surface area contributed by atoms with Gasteiger partial charge in [-0.1, -0.05) is 12.1 Å². The van der Waals surface area contributed by atoms with Crippen molar-refractivity contribution in [3.63, 3.8) is 0 Å². The van der Waals surface area contributed by atoms with Crippen molar-refractivity contribution in [3.05, 3.63) is 47.8 Å². The molecule has 0 spiro atoms. The number of rotatable bonds is 3. The smallest absolute Gasteiger partial charge is 0.324 e. The van der Waals surface area contributed by atoms with E-state index in [0.717, 1.165) is 37.6 Å². The normalized spacial score (nSPS) is 18.4. The molecule has 0 aliphatic carbocycles. The number of benzene rings is 1. The van der Waals surface area contributed by atoms with Gasteiger partial charge >= 0.3 is 6.18 Å². The molecule has 3 rings (SSSR count). The molecule has 1 atom stereocenters. The van der Waals surface area contributed by atoms with Crippen molar-refractivity contribution < 1.29 is 13.2 Å². The van der Waals surface area contributed by atoms with E-state index in [2.05, 4.69) is 20.6 Å². The van der Waals surface area contributed by atoms with Gasteiger partial charge in [-0.25, -0.2) is 9.97 Å². The summed E-state index contributed by atoms with van der Waals surface area (Å²) in [7, 11) is 0. The maximum atomic E-state index is 12.4. The molecule has 1 aromatic heterocycles. The van der Waals surface area contributed by atoms with Gasteiger partial charge in [-0.2, -0.15) is 13.2 Å². The number of hydrogen-bond donors (Lipinski definition) is 2. The Morgan fingerprint density at radius 3 is 2.32 bits per heavy atom. The second-order valence-electron chi connectivity index (χ2n) is 5.23. The molecule has 1 aliphatic heterocycles. The third-order valence-electron chi connectivity index (χ3n) is 3.68. The predicted molar refractivity (Wildman–Crippen MR) is 77.0 cm³/mol. The minimum Gasteiger partial charge on any atom is -0.324 e. The van der Waals surface area contributed by atoms with Gasteiger partial charge in [0, 0.05) is 24.6 Å². The fraction of sp³-hybridized carbons (Fsp3) is 0.333. The Morgan fingerprint density at radius 1 is 1.09 bits per heavy atom. The van der Waals surface area contributed by atoms with E-state index >= 15 is 0 Å². The molecule has 1 fully saturated rings. The number of halogens is 3. The maximum Gasteiger partial charge on any atom is 0.419 e. The molecule has 22 heavy (non-hydrogen) atoms. The number of hydrogen-bond acceptors (Lipinski definition) is 4. The van der Waals surface area contributed by atoms with E-state index in [1.165, 1.54) is 5.56 Å². The zero-order chi connectivity index (χ0) is 15.6. The minimum absolute atomic E-state index is 0.142. The highest BCUT2D eigenvalue weighted by molar-refractivity contribution is 5.53. The van der Waals surface area contributed by atoms with Crippen LogP contribution in [0.1, 0.15) is 23.5 Å². The fourth-order valence-electron chi connectivity index (χ4n) is 2.45. The van der Waals surface area contributed by atoms with Gasteiger partial charge < -0.3 is 10.6 Å². The summed E-state index contributed by atoms with van der Waals surface area (Å²) in [5.41, 5.74) is 1.14. The topological polar surface area (TPSA) is 49.8 Å². The monoisotopic (exact) mass is 308 g/mol. The van der Waals surface area contributed by atoms with Crippen molar-refractivity contribution in [3.8, 4) is 0 Å². The van der Waals surface area contributed by atoms with Crippen molar-refractivity contribution in [1.29, 1.82) is 0 Å². The lowest BCUT2D eigenvalue weighted by molar-refractivity contribution is -0.138. The first-order chi connectivity index (χ1) is 10.5. The van der Waals surface area contributed by atoms with Gasteiger partial charge in [0.25, 0.3) is 0 Å². The Morgan fingerprint density at radius 2 is 1.77 bits per heavy atom. The number of aromatic nitrogens is 2. The van der Waals surface area contributed by atoms with Crippen LogP contribution in [0.5, 0.6) is 0 Å². The van der Waals surface area contributed by atoms with Crippen molar-refractivity contribution in [1.82, 2.24) is 15.3 Å². The average molecular weight is 308 g/mol. The van der Waals surface area contributed by atoms with E-state index < -0.39 is 11.7 Å². The molecule has 116 valence electrons. The first-order valence-corrected chi connectivity index (χ1v) is 6.99. The highest BCUT2D eigenvalue weighted by atomic mass is 19.4. The molecule has 0 amide bonds. The second-order valence-corrected chi connectivity index (χ2v) is 5.23. The van der Waals surface area contributed by atoms with E-state index in [1.54, 1.807) is 0 Å². The third kappa shape index (κ3) is 3.36. The molecule has 7 heteroatoms. The van der Waals surface area contributed by atoms with E-state index in [9.17, 15) is 13.2 Å². The van der Waals surface area contributed by atoms with Gasteiger partial charge in [-0.15, -0.1) is 0 Å². The first kappa shape index (κ1) is 14.8. The summed E-state index contributed by atoms with van der Waals surface area (Å²) in [6.45, 7) is 2.01. The first-order valence-electron chi connectivity index (χ1n) is 6.99. The quantitative estimate of drug-likeness (QED) is 0.913. The summed E-state index contributed by atoms with van der Waals surface area (Å²) < 4.78 is 37.3. The van der Waals surface area contributed by atoms with Gasteiger partial charge in [0.1, 0.15) is 0 Å². The lowest BCUT2D eigenvalue weighted by Crippen LogP contribution is -2.08. The fourth-order valence-corrected chi connectivity index (χ4v) is 2.45. The zero-order valence-corrected chi connectivity index (χ0v) is 11.7. The van der Waals surface area contributed by atoms with Crippen molar-refractivity contribution in [2.75, 3.05) is 18.4 Å². The Hall–Kier alpha value is -2.15. The van der Waals surface area contributed by atoms with Crippen LogP contribution in [0.25, 0.3) is 0 Å². The van der Waals surface area contributed by atoms with E-state index in [1.807, 2.05) is 24.3 Å². The Bertz CT molecular complexity index is 617. The molecular formula is C15H15F3N4. The molecule has 2 heterocycles. The summed E-state index contributed by atoms with van der Waals surface area (Å²) in [5.74, 6) is 0.666. The van der Waals surface area contributed by atoms with Crippen LogP contribution in [-0.2, 0) is 6.18 Å². The molecule has 0 bridgehead atoms. The Labute approximate surface area is 125 Å². The second kappa shape index (κ2) is 5.92. The third-order valence-corrected chi connectivity index (χ3v) is 3.68. The van der Waals surface area contributed by atoms with Crippen LogP contribution in [0.3, 0.4) is 0 Å². The molecule has 1 aromatic carbocycles. The molecule has 1 unspecified atom stereocenters. The SMILES string of the molecule is FC(F)(F)c1cnc(Nc2ccc(C3CCNC3)cc2)nc1. The number of alkyl halides is 3. The van der Waals surface area contributed by atoms with Crippen molar-refractivity contribution >= 4 is 11.6 Å². The molecule has 1 aliphatic rings. The molecule has 2 aromatic rings. The van der Waals surface area contributed by atoms with Crippen LogP contribution in [0, 0.1) is 0 Å². The van der Waals surface area contributed by atoms with Crippen LogP contribution in [0.4, 0.5) is 24.8 Å². The van der Waals surface area contributed by atoms with Gasteiger partial charge in [-0.05, 0) is 36.6 Å². The van der Waals surface area contributed by atoms with Crippen LogP contribution >= 0.6 is 0 Å².